The molecule has 2 aromatic rings. The summed E-state index contributed by atoms with van der Waals surface area (Å²) in [7, 11) is 0. The second kappa shape index (κ2) is 9.65. The summed E-state index contributed by atoms with van der Waals surface area (Å²) in [6.07, 6.45) is 3.02. The van der Waals surface area contributed by atoms with Gasteiger partial charge in [0.05, 0.1) is 0 Å². The highest BCUT2D eigenvalue weighted by molar-refractivity contribution is 8.00. The van der Waals surface area contributed by atoms with Gasteiger partial charge in [-0.3, -0.25) is 4.79 Å². The van der Waals surface area contributed by atoms with Crippen LogP contribution in [0.3, 0.4) is 0 Å². The van der Waals surface area contributed by atoms with Crippen LogP contribution in [0.25, 0.3) is 0 Å². The number of halogens is 2. The normalized spacial score (nSPS) is 10.8. The molecule has 5 nitrogen and oxygen atoms in total. The second-order valence-electron chi connectivity index (χ2n) is 5.05. The Morgan fingerprint density at radius 3 is 2.88 bits per heavy atom. The number of benzene rings is 1. The minimum absolute atomic E-state index is 0.115. The fourth-order valence-corrected chi connectivity index (χ4v) is 3.64. The number of aromatic nitrogens is 2. The molecule has 130 valence electrons. The highest BCUT2D eigenvalue weighted by Gasteiger charge is 2.10. The summed E-state index contributed by atoms with van der Waals surface area (Å²) < 4.78 is 27.2. The van der Waals surface area contributed by atoms with Gasteiger partial charge >= 0.3 is 0 Å². The molecule has 0 atom stereocenters. The molecule has 0 saturated heterocycles. The Labute approximate surface area is 147 Å². The quantitative estimate of drug-likeness (QED) is 0.400. The zero-order chi connectivity index (χ0) is 17.4. The Balaban J connectivity index is 1.80. The molecule has 0 radical (unpaired) electrons. The van der Waals surface area contributed by atoms with E-state index in [9.17, 15) is 13.6 Å². The molecule has 9 heteroatoms. The van der Waals surface area contributed by atoms with Gasteiger partial charge in [0.25, 0.3) is 0 Å². The van der Waals surface area contributed by atoms with E-state index in [1.54, 1.807) is 0 Å². The number of hydrogen-bond donors (Lipinski definition) is 2. The first-order valence-electron chi connectivity index (χ1n) is 7.48. The van der Waals surface area contributed by atoms with Gasteiger partial charge in [0.1, 0.15) is 11.6 Å². The number of anilines is 1. The van der Waals surface area contributed by atoms with Gasteiger partial charge in [0.15, 0.2) is 4.34 Å². The molecule has 1 heterocycles. The zero-order valence-electron chi connectivity index (χ0n) is 12.9. The highest BCUT2D eigenvalue weighted by atomic mass is 32.2. The first-order valence-corrected chi connectivity index (χ1v) is 9.29. The summed E-state index contributed by atoms with van der Waals surface area (Å²) in [6.45, 7) is 0.629. The molecular formula is C15H18F2N4OS2. The van der Waals surface area contributed by atoms with Crippen LogP contribution in [-0.2, 0) is 10.5 Å². The summed E-state index contributed by atoms with van der Waals surface area (Å²) >= 11 is 2.45. The van der Waals surface area contributed by atoms with E-state index >= 15 is 0 Å². The molecule has 1 amide bonds. The molecule has 3 N–H and O–H groups in total. The third-order valence-corrected chi connectivity index (χ3v) is 5.14. The summed E-state index contributed by atoms with van der Waals surface area (Å²) in [5.41, 5.74) is 5.66. The molecule has 0 aliphatic rings. The van der Waals surface area contributed by atoms with Gasteiger partial charge in [-0.1, -0.05) is 29.5 Å². The second-order valence-corrected chi connectivity index (χ2v) is 7.25. The fraction of sp³-hybridized carbons (Fsp3) is 0.400. The molecule has 2 rings (SSSR count). The molecule has 1 aromatic carbocycles. The van der Waals surface area contributed by atoms with Crippen molar-refractivity contribution in [2.45, 2.75) is 35.8 Å². The topological polar surface area (TPSA) is 80.9 Å². The maximum atomic E-state index is 13.5. The maximum Gasteiger partial charge on any atom is 0.226 e. The molecule has 0 unspecified atom stereocenters. The van der Waals surface area contributed by atoms with Crippen LogP contribution in [0.2, 0.25) is 0 Å². The number of unbranched alkanes of at least 4 members (excludes halogenated alkanes) is 2. The largest absolute Gasteiger partial charge is 0.330 e. The standard InChI is InChI=1S/C15H18F2N4OS2/c16-11-5-6-12(17)10(8-11)9-23-15-21-20-14(24-15)19-13(22)4-2-1-3-7-18/h5-6,8H,1-4,7,9,18H2,(H,19,20,22). The van der Waals surface area contributed by atoms with Gasteiger partial charge < -0.3 is 11.1 Å². The van der Waals surface area contributed by atoms with Crippen molar-refractivity contribution in [1.82, 2.24) is 10.2 Å². The number of carbonyl (C=O) groups is 1. The summed E-state index contributed by atoms with van der Waals surface area (Å²) in [4.78, 5) is 11.7. The lowest BCUT2D eigenvalue weighted by molar-refractivity contribution is -0.116. The Hall–Kier alpha value is -1.58. The number of carbonyl (C=O) groups excluding carboxylic acids is 1. The first kappa shape index (κ1) is 18.8. The smallest absolute Gasteiger partial charge is 0.226 e. The minimum Gasteiger partial charge on any atom is -0.330 e. The van der Waals surface area contributed by atoms with Crippen molar-refractivity contribution >= 4 is 34.1 Å². The molecule has 24 heavy (non-hydrogen) atoms. The van der Waals surface area contributed by atoms with E-state index in [4.69, 9.17) is 5.73 Å². The van der Waals surface area contributed by atoms with Crippen molar-refractivity contribution in [1.29, 1.82) is 0 Å². The van der Waals surface area contributed by atoms with E-state index in [0.717, 1.165) is 37.5 Å². The molecule has 0 bridgehead atoms. The lowest BCUT2D eigenvalue weighted by Gasteiger charge is -2.01. The number of nitrogens with one attached hydrogen (secondary N) is 1. The number of nitrogens with two attached hydrogens (primary N) is 1. The van der Waals surface area contributed by atoms with Gasteiger partial charge in [-0.2, -0.15) is 0 Å². The number of nitrogens with zero attached hydrogens (tertiary/aromatic N) is 2. The molecule has 0 saturated carbocycles. The van der Waals surface area contributed by atoms with Crippen LogP contribution in [-0.4, -0.2) is 22.6 Å². The number of amides is 1. The summed E-state index contributed by atoms with van der Waals surface area (Å²) in [5, 5.41) is 10.9. The Morgan fingerprint density at radius 1 is 1.25 bits per heavy atom. The third-order valence-electron chi connectivity index (χ3n) is 3.12. The minimum atomic E-state index is -0.480. The van der Waals surface area contributed by atoms with E-state index in [2.05, 4.69) is 15.5 Å². The molecule has 1 aromatic heterocycles. The van der Waals surface area contributed by atoms with E-state index in [1.807, 2.05) is 0 Å². The average Bonchev–Trinajstić information content (AvgIpc) is 3.00. The maximum absolute atomic E-state index is 13.5. The Morgan fingerprint density at radius 2 is 2.08 bits per heavy atom. The van der Waals surface area contributed by atoms with Crippen molar-refractivity contribution < 1.29 is 13.6 Å². The monoisotopic (exact) mass is 372 g/mol. The van der Waals surface area contributed by atoms with Gasteiger partial charge in [0.2, 0.25) is 11.0 Å². The van der Waals surface area contributed by atoms with Crippen molar-refractivity contribution in [3.8, 4) is 0 Å². The van der Waals surface area contributed by atoms with Gasteiger partial charge in [-0.25, -0.2) is 8.78 Å². The molecular weight excluding hydrogens is 354 g/mol. The van der Waals surface area contributed by atoms with Crippen molar-refractivity contribution in [2.75, 3.05) is 11.9 Å². The lowest BCUT2D eigenvalue weighted by atomic mass is 10.2. The van der Waals surface area contributed by atoms with Crippen LogP contribution in [0.1, 0.15) is 31.2 Å². The van der Waals surface area contributed by atoms with E-state index in [0.29, 0.717) is 22.4 Å². The Kier molecular flexibility index (Phi) is 7.54. The van der Waals surface area contributed by atoms with Crippen molar-refractivity contribution in [3.63, 3.8) is 0 Å². The van der Waals surface area contributed by atoms with Crippen LogP contribution in [0, 0.1) is 11.6 Å². The first-order chi connectivity index (χ1) is 11.6. The predicted octanol–water partition coefficient (Wildman–Crippen LogP) is 3.57. The third kappa shape index (κ3) is 6.14. The lowest BCUT2D eigenvalue weighted by Crippen LogP contribution is -2.11. The van der Waals surface area contributed by atoms with Crippen molar-refractivity contribution in [2.24, 2.45) is 5.73 Å². The Bertz CT molecular complexity index is 681. The van der Waals surface area contributed by atoms with Crippen LogP contribution >= 0.6 is 23.1 Å². The fourth-order valence-electron chi connectivity index (χ4n) is 1.90. The van der Waals surface area contributed by atoms with Crippen LogP contribution in [0.15, 0.2) is 22.5 Å². The molecule has 0 aliphatic heterocycles. The van der Waals surface area contributed by atoms with E-state index in [-0.39, 0.29) is 17.2 Å². The van der Waals surface area contributed by atoms with Gasteiger partial charge in [0, 0.05) is 17.7 Å². The number of thioether (sulfide) groups is 1. The summed E-state index contributed by atoms with van der Waals surface area (Å²) in [5.74, 6) is -0.812. The van der Waals surface area contributed by atoms with E-state index < -0.39 is 11.6 Å². The van der Waals surface area contributed by atoms with Crippen LogP contribution in [0.4, 0.5) is 13.9 Å². The van der Waals surface area contributed by atoms with Crippen LogP contribution < -0.4 is 11.1 Å². The SMILES string of the molecule is NCCCCCC(=O)Nc1nnc(SCc2cc(F)ccc2F)s1. The summed E-state index contributed by atoms with van der Waals surface area (Å²) in [6, 6.07) is 3.34. The van der Waals surface area contributed by atoms with E-state index in [1.165, 1.54) is 23.1 Å². The zero-order valence-corrected chi connectivity index (χ0v) is 14.6. The average molecular weight is 372 g/mol. The van der Waals surface area contributed by atoms with Gasteiger partial charge in [-0.05, 0) is 37.6 Å². The molecule has 0 aliphatic carbocycles. The highest BCUT2D eigenvalue weighted by Crippen LogP contribution is 2.29. The van der Waals surface area contributed by atoms with Crippen molar-refractivity contribution in [3.05, 3.63) is 35.4 Å². The van der Waals surface area contributed by atoms with Gasteiger partial charge in [-0.15, -0.1) is 10.2 Å². The predicted molar refractivity (Wildman–Crippen MR) is 92.0 cm³/mol. The number of rotatable bonds is 9. The molecule has 0 spiro atoms. The molecule has 0 fully saturated rings. The number of hydrogen-bond acceptors (Lipinski definition) is 6. The van der Waals surface area contributed by atoms with Crippen LogP contribution in [0.5, 0.6) is 0 Å².